The minimum atomic E-state index is -0.934. The SMILES string of the molecule is CC1COCCN1c1nc(Cl)nc2c1[C@H](C(C)(C)C)CN(C(=O)O)C2. The normalized spacial score (nSPS) is 24.2. The van der Waals surface area contributed by atoms with Crippen LogP contribution in [0.2, 0.25) is 5.28 Å². The Kier molecular flexibility index (Phi) is 4.81. The van der Waals surface area contributed by atoms with E-state index in [0.717, 1.165) is 17.9 Å². The van der Waals surface area contributed by atoms with E-state index in [9.17, 15) is 9.90 Å². The van der Waals surface area contributed by atoms with E-state index >= 15 is 0 Å². The van der Waals surface area contributed by atoms with Crippen molar-refractivity contribution >= 4 is 23.5 Å². The van der Waals surface area contributed by atoms with E-state index in [-0.39, 0.29) is 29.2 Å². The summed E-state index contributed by atoms with van der Waals surface area (Å²) in [6, 6.07) is 0.182. The van der Waals surface area contributed by atoms with Crippen molar-refractivity contribution in [2.75, 3.05) is 31.2 Å². The van der Waals surface area contributed by atoms with Crippen molar-refractivity contribution in [2.24, 2.45) is 5.41 Å². The molecular weight excluding hydrogens is 344 g/mol. The van der Waals surface area contributed by atoms with Crippen molar-refractivity contribution < 1.29 is 14.6 Å². The van der Waals surface area contributed by atoms with Gasteiger partial charge in [0.05, 0.1) is 31.5 Å². The topological polar surface area (TPSA) is 78.8 Å². The third kappa shape index (κ3) is 3.53. The van der Waals surface area contributed by atoms with Crippen LogP contribution in [-0.4, -0.2) is 58.4 Å². The predicted molar refractivity (Wildman–Crippen MR) is 95.3 cm³/mol. The molecule has 0 aromatic carbocycles. The number of hydrogen-bond acceptors (Lipinski definition) is 5. The van der Waals surface area contributed by atoms with E-state index in [2.05, 4.69) is 42.6 Å². The third-order valence-corrected chi connectivity index (χ3v) is 5.19. The Hall–Kier alpha value is -1.60. The van der Waals surface area contributed by atoms with Gasteiger partial charge in [0, 0.05) is 24.6 Å². The van der Waals surface area contributed by atoms with Gasteiger partial charge in [-0.15, -0.1) is 0 Å². The number of anilines is 1. The number of ether oxygens (including phenoxy) is 1. The number of halogens is 1. The Morgan fingerprint density at radius 3 is 2.68 bits per heavy atom. The maximum Gasteiger partial charge on any atom is 0.407 e. The van der Waals surface area contributed by atoms with Crippen molar-refractivity contribution in [3.63, 3.8) is 0 Å². The number of aromatic nitrogens is 2. The van der Waals surface area contributed by atoms with Crippen molar-refractivity contribution in [2.45, 2.75) is 46.2 Å². The molecule has 0 saturated carbocycles. The molecule has 2 aliphatic rings. The number of hydrogen-bond donors (Lipinski definition) is 1. The molecule has 25 heavy (non-hydrogen) atoms. The molecule has 0 radical (unpaired) electrons. The molecule has 1 aromatic rings. The fraction of sp³-hybridized carbons (Fsp3) is 0.706. The molecule has 1 unspecified atom stereocenters. The van der Waals surface area contributed by atoms with Crippen molar-refractivity contribution in [1.29, 1.82) is 0 Å². The first-order valence-electron chi connectivity index (χ1n) is 8.57. The first-order valence-corrected chi connectivity index (χ1v) is 8.95. The molecule has 138 valence electrons. The minimum Gasteiger partial charge on any atom is -0.465 e. The summed E-state index contributed by atoms with van der Waals surface area (Å²) in [5.74, 6) is 0.824. The van der Waals surface area contributed by atoms with E-state index < -0.39 is 6.09 Å². The Balaban J connectivity index is 2.14. The van der Waals surface area contributed by atoms with Gasteiger partial charge < -0.3 is 19.6 Å². The van der Waals surface area contributed by atoms with E-state index in [1.807, 2.05) is 0 Å². The lowest BCUT2D eigenvalue weighted by Crippen LogP contribution is -2.47. The quantitative estimate of drug-likeness (QED) is 0.768. The molecule has 1 N–H and O–H groups in total. The van der Waals surface area contributed by atoms with Crippen LogP contribution in [0, 0.1) is 5.41 Å². The Bertz CT molecular complexity index is 677. The van der Waals surface area contributed by atoms with Crippen molar-refractivity contribution in [3.8, 4) is 0 Å². The molecule has 3 heterocycles. The zero-order valence-corrected chi connectivity index (χ0v) is 15.9. The maximum absolute atomic E-state index is 11.6. The summed E-state index contributed by atoms with van der Waals surface area (Å²) in [6.45, 7) is 11.1. The highest BCUT2D eigenvalue weighted by Crippen LogP contribution is 2.44. The number of morpholine rings is 1. The van der Waals surface area contributed by atoms with Crippen LogP contribution in [0.4, 0.5) is 10.6 Å². The minimum absolute atomic E-state index is 0.00494. The maximum atomic E-state index is 11.6. The molecular formula is C17H25ClN4O3. The largest absolute Gasteiger partial charge is 0.465 e. The average Bonchev–Trinajstić information content (AvgIpc) is 2.52. The zero-order chi connectivity index (χ0) is 18.4. The van der Waals surface area contributed by atoms with Crippen LogP contribution in [0.5, 0.6) is 0 Å². The van der Waals surface area contributed by atoms with Gasteiger partial charge in [0.25, 0.3) is 0 Å². The van der Waals surface area contributed by atoms with Gasteiger partial charge in [-0.3, -0.25) is 0 Å². The summed E-state index contributed by atoms with van der Waals surface area (Å²) >= 11 is 6.19. The number of rotatable bonds is 1. The van der Waals surface area contributed by atoms with Gasteiger partial charge in [-0.2, -0.15) is 0 Å². The predicted octanol–water partition coefficient (Wildman–Crippen LogP) is 2.98. The van der Waals surface area contributed by atoms with Crippen LogP contribution >= 0.6 is 11.6 Å². The summed E-state index contributed by atoms with van der Waals surface area (Å²) < 4.78 is 5.55. The van der Waals surface area contributed by atoms with E-state index in [4.69, 9.17) is 16.3 Å². The summed E-state index contributed by atoms with van der Waals surface area (Å²) in [7, 11) is 0. The van der Waals surface area contributed by atoms with Gasteiger partial charge in [0.1, 0.15) is 5.82 Å². The second-order valence-electron chi connectivity index (χ2n) is 7.88. The molecule has 8 heteroatoms. The first-order chi connectivity index (χ1) is 11.7. The van der Waals surface area contributed by atoms with E-state index in [1.165, 1.54) is 4.90 Å². The van der Waals surface area contributed by atoms with E-state index in [1.54, 1.807) is 0 Å². The van der Waals surface area contributed by atoms with Crippen LogP contribution in [0.25, 0.3) is 0 Å². The fourth-order valence-electron chi connectivity index (χ4n) is 3.62. The molecule has 0 bridgehead atoms. The summed E-state index contributed by atoms with van der Waals surface area (Å²) in [4.78, 5) is 24.1. The molecule has 1 aromatic heterocycles. The number of fused-ring (bicyclic) bond motifs is 1. The Morgan fingerprint density at radius 1 is 1.36 bits per heavy atom. The lowest BCUT2D eigenvalue weighted by Gasteiger charge is -2.43. The zero-order valence-electron chi connectivity index (χ0n) is 15.1. The second-order valence-corrected chi connectivity index (χ2v) is 8.21. The molecule has 2 atom stereocenters. The van der Waals surface area contributed by atoms with Crippen molar-refractivity contribution in [3.05, 3.63) is 16.5 Å². The smallest absolute Gasteiger partial charge is 0.407 e. The van der Waals surface area contributed by atoms with Gasteiger partial charge >= 0.3 is 6.09 Å². The second kappa shape index (κ2) is 6.61. The highest BCUT2D eigenvalue weighted by Gasteiger charge is 2.40. The number of carbonyl (C=O) groups is 1. The standard InChI is InChI=1S/C17H25ClN4O3/c1-10-9-25-6-5-22(10)14-13-11(17(2,3)4)7-21(16(23)24)8-12(13)19-15(18)20-14/h10-11H,5-9H2,1-4H3,(H,23,24)/t10?,11-/m1/s1. The Labute approximate surface area is 152 Å². The number of nitrogens with zero attached hydrogens (tertiary/aromatic N) is 4. The van der Waals surface area contributed by atoms with Crippen LogP contribution in [0.15, 0.2) is 0 Å². The molecule has 2 aliphatic heterocycles. The van der Waals surface area contributed by atoms with Gasteiger partial charge in [0.15, 0.2) is 0 Å². The molecule has 3 rings (SSSR count). The van der Waals surface area contributed by atoms with Crippen LogP contribution in [0.3, 0.4) is 0 Å². The fourth-order valence-corrected chi connectivity index (χ4v) is 3.80. The van der Waals surface area contributed by atoms with Crippen LogP contribution in [-0.2, 0) is 11.3 Å². The first kappa shape index (κ1) is 18.2. The van der Waals surface area contributed by atoms with Crippen LogP contribution in [0.1, 0.15) is 44.9 Å². The highest BCUT2D eigenvalue weighted by molar-refractivity contribution is 6.28. The number of amides is 1. The van der Waals surface area contributed by atoms with Crippen LogP contribution < -0.4 is 4.90 Å². The third-order valence-electron chi connectivity index (χ3n) is 5.02. The van der Waals surface area contributed by atoms with Crippen molar-refractivity contribution in [1.82, 2.24) is 14.9 Å². The molecule has 0 aliphatic carbocycles. The lowest BCUT2D eigenvalue weighted by atomic mass is 9.74. The average molecular weight is 369 g/mol. The Morgan fingerprint density at radius 2 is 2.08 bits per heavy atom. The summed E-state index contributed by atoms with van der Waals surface area (Å²) in [5.41, 5.74) is 1.61. The molecule has 0 spiro atoms. The monoisotopic (exact) mass is 368 g/mol. The lowest BCUT2D eigenvalue weighted by molar-refractivity contribution is 0.0976. The highest BCUT2D eigenvalue weighted by atomic mass is 35.5. The van der Waals surface area contributed by atoms with Gasteiger partial charge in [-0.05, 0) is 23.9 Å². The molecule has 1 saturated heterocycles. The van der Waals surface area contributed by atoms with Gasteiger partial charge in [-0.25, -0.2) is 14.8 Å². The molecule has 1 amide bonds. The van der Waals surface area contributed by atoms with Gasteiger partial charge in [-0.1, -0.05) is 20.8 Å². The number of carboxylic acid groups (broad SMARTS) is 1. The van der Waals surface area contributed by atoms with E-state index in [0.29, 0.717) is 25.5 Å². The summed E-state index contributed by atoms with van der Waals surface area (Å²) in [6.07, 6.45) is -0.934. The summed E-state index contributed by atoms with van der Waals surface area (Å²) in [5, 5.41) is 9.66. The molecule has 1 fully saturated rings. The van der Waals surface area contributed by atoms with Gasteiger partial charge in [0.2, 0.25) is 5.28 Å². The molecule has 7 nitrogen and oxygen atoms in total.